The summed E-state index contributed by atoms with van der Waals surface area (Å²) in [7, 11) is 0. The van der Waals surface area contributed by atoms with Gasteiger partial charge in [-0.3, -0.25) is 9.59 Å². The van der Waals surface area contributed by atoms with Gasteiger partial charge >= 0.3 is 5.97 Å². The maximum atomic E-state index is 12.3. The van der Waals surface area contributed by atoms with Crippen molar-refractivity contribution >= 4 is 11.9 Å². The van der Waals surface area contributed by atoms with Crippen LogP contribution in [-0.4, -0.2) is 24.8 Å². The first-order valence-corrected chi connectivity index (χ1v) is 10.0. The molecule has 1 amide bonds. The van der Waals surface area contributed by atoms with E-state index in [-0.39, 0.29) is 19.1 Å². The summed E-state index contributed by atoms with van der Waals surface area (Å²) in [5, 5.41) is 2.79. The third-order valence-electron chi connectivity index (χ3n) is 5.34. The van der Waals surface area contributed by atoms with Crippen molar-refractivity contribution in [1.29, 1.82) is 0 Å². The van der Waals surface area contributed by atoms with E-state index in [9.17, 15) is 9.59 Å². The molecular formula is C23H25NO5. The highest BCUT2D eigenvalue weighted by Crippen LogP contribution is 2.32. The maximum absolute atomic E-state index is 12.3. The van der Waals surface area contributed by atoms with Crippen molar-refractivity contribution in [1.82, 2.24) is 5.32 Å². The normalized spacial score (nSPS) is 15.3. The summed E-state index contributed by atoms with van der Waals surface area (Å²) >= 11 is 0. The lowest BCUT2D eigenvalue weighted by Gasteiger charge is -2.17. The van der Waals surface area contributed by atoms with Crippen LogP contribution in [0.5, 0.6) is 11.5 Å². The highest BCUT2D eigenvalue weighted by atomic mass is 16.7. The van der Waals surface area contributed by atoms with Crippen LogP contribution in [0.25, 0.3) is 0 Å². The van der Waals surface area contributed by atoms with Gasteiger partial charge in [0.05, 0.1) is 6.42 Å². The van der Waals surface area contributed by atoms with Crippen molar-refractivity contribution in [2.45, 2.75) is 51.7 Å². The van der Waals surface area contributed by atoms with Crippen LogP contribution >= 0.6 is 0 Å². The molecular weight excluding hydrogens is 370 g/mol. The third kappa shape index (κ3) is 4.70. The van der Waals surface area contributed by atoms with Gasteiger partial charge in [0.15, 0.2) is 17.6 Å². The Hall–Kier alpha value is -3.02. The van der Waals surface area contributed by atoms with Crippen LogP contribution in [0.1, 0.15) is 42.0 Å². The van der Waals surface area contributed by atoms with E-state index < -0.39 is 12.1 Å². The van der Waals surface area contributed by atoms with Crippen LogP contribution in [-0.2, 0) is 40.1 Å². The summed E-state index contributed by atoms with van der Waals surface area (Å²) in [5.74, 6) is 0.638. The molecule has 29 heavy (non-hydrogen) atoms. The van der Waals surface area contributed by atoms with E-state index >= 15 is 0 Å². The highest BCUT2D eigenvalue weighted by Gasteiger charge is 2.19. The standard InChI is InChI=1S/C23H25NO5/c1-15(23(26)24-13-17-7-9-20-21(11-17)28-14-27-20)29-22(25)12-16-6-8-18-4-2-3-5-19(18)10-16/h6-11,15H,2-5,12-14H2,1H3,(H,24,26)/t15-/m1/s1. The Kier molecular flexibility index (Phi) is 5.69. The van der Waals surface area contributed by atoms with E-state index in [1.165, 1.54) is 24.0 Å². The molecule has 0 radical (unpaired) electrons. The lowest BCUT2D eigenvalue weighted by Crippen LogP contribution is -2.35. The van der Waals surface area contributed by atoms with Crippen molar-refractivity contribution in [3.05, 3.63) is 58.7 Å². The number of aryl methyl sites for hydroxylation is 2. The molecule has 2 aromatic rings. The molecule has 6 nitrogen and oxygen atoms in total. The molecule has 1 aliphatic carbocycles. The number of fused-ring (bicyclic) bond motifs is 2. The lowest BCUT2D eigenvalue weighted by molar-refractivity contribution is -0.154. The number of hydrogen-bond donors (Lipinski definition) is 1. The van der Waals surface area contributed by atoms with E-state index in [1.54, 1.807) is 6.92 Å². The number of esters is 1. The average Bonchev–Trinajstić information content (AvgIpc) is 3.19. The number of nitrogens with one attached hydrogen (secondary N) is 1. The maximum Gasteiger partial charge on any atom is 0.311 e. The predicted octanol–water partition coefficient (Wildman–Crippen LogP) is 3.08. The van der Waals surface area contributed by atoms with Crippen LogP contribution in [0.4, 0.5) is 0 Å². The van der Waals surface area contributed by atoms with Crippen LogP contribution in [0.15, 0.2) is 36.4 Å². The second kappa shape index (κ2) is 8.55. The van der Waals surface area contributed by atoms with Crippen molar-refractivity contribution < 1.29 is 23.8 Å². The highest BCUT2D eigenvalue weighted by molar-refractivity contribution is 5.83. The van der Waals surface area contributed by atoms with Crippen LogP contribution in [0.2, 0.25) is 0 Å². The van der Waals surface area contributed by atoms with Gasteiger partial charge in [-0.05, 0) is 67.0 Å². The molecule has 6 heteroatoms. The van der Waals surface area contributed by atoms with Crippen LogP contribution in [0, 0.1) is 0 Å². The first-order chi connectivity index (χ1) is 14.1. The van der Waals surface area contributed by atoms with Gasteiger partial charge < -0.3 is 19.5 Å². The SMILES string of the molecule is C[C@@H](OC(=O)Cc1ccc2c(c1)CCCC2)C(=O)NCc1ccc2c(c1)OCO2. The predicted molar refractivity (Wildman–Crippen MR) is 107 cm³/mol. The Morgan fingerprint density at radius 3 is 2.62 bits per heavy atom. The molecule has 152 valence electrons. The van der Waals surface area contributed by atoms with E-state index in [0.717, 1.165) is 24.0 Å². The molecule has 0 spiro atoms. The fourth-order valence-electron chi connectivity index (χ4n) is 3.74. The fraction of sp³-hybridized carbons (Fsp3) is 0.391. The van der Waals surface area contributed by atoms with Crippen LogP contribution in [0.3, 0.4) is 0 Å². The minimum Gasteiger partial charge on any atom is -0.454 e. The average molecular weight is 395 g/mol. The molecule has 0 saturated heterocycles. The van der Waals surface area contributed by atoms with Gasteiger partial charge in [-0.2, -0.15) is 0 Å². The first-order valence-electron chi connectivity index (χ1n) is 10.0. The van der Waals surface area contributed by atoms with E-state index in [2.05, 4.69) is 17.4 Å². The molecule has 4 rings (SSSR count). The molecule has 0 unspecified atom stereocenters. The van der Waals surface area contributed by atoms with Gasteiger partial charge in [-0.15, -0.1) is 0 Å². The van der Waals surface area contributed by atoms with E-state index in [1.807, 2.05) is 24.3 Å². The van der Waals surface area contributed by atoms with Gasteiger partial charge in [0.2, 0.25) is 6.79 Å². The lowest BCUT2D eigenvalue weighted by atomic mass is 9.90. The van der Waals surface area contributed by atoms with E-state index in [4.69, 9.17) is 14.2 Å². The number of benzene rings is 2. The summed E-state index contributed by atoms with van der Waals surface area (Å²) in [6.07, 6.45) is 3.92. The Bertz CT molecular complexity index is 923. The van der Waals surface area contributed by atoms with Gasteiger partial charge in [0.25, 0.3) is 5.91 Å². The number of carbonyl (C=O) groups is 2. The first kappa shape index (κ1) is 19.3. The third-order valence-corrected chi connectivity index (χ3v) is 5.34. The molecule has 1 heterocycles. The molecule has 2 aliphatic rings. The second-order valence-corrected chi connectivity index (χ2v) is 7.52. The largest absolute Gasteiger partial charge is 0.454 e. The van der Waals surface area contributed by atoms with Crippen molar-refractivity contribution in [3.8, 4) is 11.5 Å². The number of hydrogen-bond acceptors (Lipinski definition) is 5. The Morgan fingerprint density at radius 2 is 1.76 bits per heavy atom. The molecule has 1 atom stereocenters. The number of rotatable bonds is 6. The van der Waals surface area contributed by atoms with Gasteiger partial charge in [-0.25, -0.2) is 0 Å². The van der Waals surface area contributed by atoms with Gasteiger partial charge in [-0.1, -0.05) is 24.3 Å². The van der Waals surface area contributed by atoms with Crippen molar-refractivity contribution in [3.63, 3.8) is 0 Å². The summed E-state index contributed by atoms with van der Waals surface area (Å²) in [5.41, 5.74) is 4.53. The second-order valence-electron chi connectivity index (χ2n) is 7.52. The minimum absolute atomic E-state index is 0.174. The summed E-state index contributed by atoms with van der Waals surface area (Å²) < 4.78 is 15.9. The minimum atomic E-state index is -0.853. The van der Waals surface area contributed by atoms with E-state index in [0.29, 0.717) is 18.0 Å². The Balaban J connectivity index is 1.26. The molecule has 1 aliphatic heterocycles. The summed E-state index contributed by atoms with van der Waals surface area (Å²) in [6, 6.07) is 11.7. The molecule has 0 bridgehead atoms. The zero-order valence-corrected chi connectivity index (χ0v) is 16.5. The quantitative estimate of drug-likeness (QED) is 0.761. The van der Waals surface area contributed by atoms with Crippen molar-refractivity contribution in [2.24, 2.45) is 0 Å². The molecule has 1 N–H and O–H groups in total. The van der Waals surface area contributed by atoms with Gasteiger partial charge in [0.1, 0.15) is 0 Å². The Morgan fingerprint density at radius 1 is 1.00 bits per heavy atom. The zero-order valence-electron chi connectivity index (χ0n) is 16.5. The van der Waals surface area contributed by atoms with Crippen molar-refractivity contribution in [2.75, 3.05) is 6.79 Å². The zero-order chi connectivity index (χ0) is 20.2. The molecule has 0 saturated carbocycles. The molecule has 0 aromatic heterocycles. The number of amides is 1. The molecule has 2 aromatic carbocycles. The number of carbonyl (C=O) groups excluding carboxylic acids is 2. The summed E-state index contributed by atoms with van der Waals surface area (Å²) in [4.78, 5) is 24.6. The fourth-order valence-corrected chi connectivity index (χ4v) is 3.74. The summed E-state index contributed by atoms with van der Waals surface area (Å²) in [6.45, 7) is 2.12. The monoisotopic (exact) mass is 395 g/mol. The topological polar surface area (TPSA) is 73.9 Å². The smallest absolute Gasteiger partial charge is 0.311 e. The van der Waals surface area contributed by atoms with Crippen LogP contribution < -0.4 is 14.8 Å². The number of ether oxygens (including phenoxy) is 3. The molecule has 0 fully saturated rings. The van der Waals surface area contributed by atoms with Gasteiger partial charge in [0, 0.05) is 6.54 Å². The Labute approximate surface area is 170 Å².